The van der Waals surface area contributed by atoms with E-state index in [2.05, 4.69) is 23.6 Å². The lowest BCUT2D eigenvalue weighted by Crippen LogP contribution is -2.64. The molecule has 5 nitrogen and oxygen atoms in total. The minimum absolute atomic E-state index is 0.120. The molecular formula is C13H25N3O2. The first-order chi connectivity index (χ1) is 8.61. The predicted octanol–water partition coefficient (Wildman–Crippen LogP) is -0.130. The minimum Gasteiger partial charge on any atom is -0.375 e. The monoisotopic (exact) mass is 255 g/mol. The van der Waals surface area contributed by atoms with Gasteiger partial charge in [-0.05, 0) is 13.8 Å². The van der Waals surface area contributed by atoms with Crippen LogP contribution in [0.3, 0.4) is 0 Å². The van der Waals surface area contributed by atoms with E-state index in [1.807, 2.05) is 4.90 Å². The lowest BCUT2D eigenvalue weighted by molar-refractivity contribution is -0.137. The van der Waals surface area contributed by atoms with Gasteiger partial charge in [-0.15, -0.1) is 0 Å². The molecule has 2 fully saturated rings. The van der Waals surface area contributed by atoms with Gasteiger partial charge in [0.25, 0.3) is 0 Å². The van der Waals surface area contributed by atoms with Crippen LogP contribution in [0.5, 0.6) is 0 Å². The average molecular weight is 255 g/mol. The highest BCUT2D eigenvalue weighted by Gasteiger charge is 2.34. The SMILES string of the molecule is COCC(=O)N1CCN(C2CN(C(C)C)C2)CC1. The van der Waals surface area contributed by atoms with Gasteiger partial charge in [-0.1, -0.05) is 0 Å². The van der Waals surface area contributed by atoms with E-state index in [1.54, 1.807) is 7.11 Å². The number of carbonyl (C=O) groups excluding carboxylic acids is 1. The molecule has 18 heavy (non-hydrogen) atoms. The van der Waals surface area contributed by atoms with Crippen molar-refractivity contribution in [1.82, 2.24) is 14.7 Å². The predicted molar refractivity (Wildman–Crippen MR) is 70.5 cm³/mol. The Morgan fingerprint density at radius 1 is 1.22 bits per heavy atom. The number of hydrogen-bond acceptors (Lipinski definition) is 4. The quantitative estimate of drug-likeness (QED) is 0.701. The van der Waals surface area contributed by atoms with Crippen molar-refractivity contribution in [1.29, 1.82) is 0 Å². The first-order valence-corrected chi connectivity index (χ1v) is 6.86. The highest BCUT2D eigenvalue weighted by Crippen LogP contribution is 2.19. The van der Waals surface area contributed by atoms with Gasteiger partial charge in [0.15, 0.2) is 0 Å². The maximum Gasteiger partial charge on any atom is 0.248 e. The molecule has 1 amide bonds. The van der Waals surface area contributed by atoms with Crippen LogP contribution in [0.1, 0.15) is 13.8 Å². The molecule has 2 heterocycles. The molecule has 0 saturated carbocycles. The molecule has 0 N–H and O–H groups in total. The smallest absolute Gasteiger partial charge is 0.248 e. The molecule has 0 atom stereocenters. The fraction of sp³-hybridized carbons (Fsp3) is 0.923. The van der Waals surface area contributed by atoms with Crippen molar-refractivity contribution in [3.8, 4) is 0 Å². The van der Waals surface area contributed by atoms with Crippen LogP contribution >= 0.6 is 0 Å². The van der Waals surface area contributed by atoms with Crippen LogP contribution in [0.4, 0.5) is 0 Å². The van der Waals surface area contributed by atoms with Crippen LogP contribution in [0.25, 0.3) is 0 Å². The lowest BCUT2D eigenvalue weighted by atomic mass is 10.0. The summed E-state index contributed by atoms with van der Waals surface area (Å²) in [5.74, 6) is 0.120. The topological polar surface area (TPSA) is 36.0 Å². The highest BCUT2D eigenvalue weighted by atomic mass is 16.5. The minimum atomic E-state index is 0.120. The van der Waals surface area contributed by atoms with E-state index in [0.717, 1.165) is 26.2 Å². The Labute approximate surface area is 110 Å². The Morgan fingerprint density at radius 2 is 1.83 bits per heavy atom. The third-order valence-electron chi connectivity index (χ3n) is 4.07. The Morgan fingerprint density at radius 3 is 2.33 bits per heavy atom. The van der Waals surface area contributed by atoms with E-state index in [4.69, 9.17) is 4.74 Å². The van der Waals surface area contributed by atoms with E-state index in [-0.39, 0.29) is 12.5 Å². The van der Waals surface area contributed by atoms with Crippen LogP contribution in [0, 0.1) is 0 Å². The number of ether oxygens (including phenoxy) is 1. The molecule has 0 aromatic carbocycles. The Kier molecular flexibility index (Phi) is 4.59. The molecule has 2 aliphatic heterocycles. The zero-order chi connectivity index (χ0) is 13.1. The molecule has 0 aromatic heterocycles. The summed E-state index contributed by atoms with van der Waals surface area (Å²) in [5, 5.41) is 0. The summed E-state index contributed by atoms with van der Waals surface area (Å²) in [7, 11) is 1.57. The number of carbonyl (C=O) groups is 1. The summed E-state index contributed by atoms with van der Waals surface area (Å²) in [5.41, 5.74) is 0. The Balaban J connectivity index is 1.70. The van der Waals surface area contributed by atoms with Crippen LogP contribution in [0.15, 0.2) is 0 Å². The van der Waals surface area contributed by atoms with Crippen molar-refractivity contribution in [2.24, 2.45) is 0 Å². The van der Waals surface area contributed by atoms with Gasteiger partial charge in [0.05, 0.1) is 0 Å². The van der Waals surface area contributed by atoms with Gasteiger partial charge < -0.3 is 9.64 Å². The van der Waals surface area contributed by atoms with Crippen molar-refractivity contribution < 1.29 is 9.53 Å². The second kappa shape index (κ2) is 5.99. The normalized spacial score (nSPS) is 23.4. The van der Waals surface area contributed by atoms with E-state index in [1.165, 1.54) is 13.1 Å². The standard InChI is InChI=1S/C13H25N3O2/c1-11(2)16-8-12(9-16)14-4-6-15(7-5-14)13(17)10-18-3/h11-12H,4-10H2,1-3H3. The molecule has 5 heteroatoms. The summed E-state index contributed by atoms with van der Waals surface area (Å²) in [4.78, 5) is 18.6. The second-order valence-corrected chi connectivity index (χ2v) is 5.55. The zero-order valence-electron chi connectivity index (χ0n) is 11.8. The van der Waals surface area contributed by atoms with E-state index in [0.29, 0.717) is 12.1 Å². The Hall–Kier alpha value is -0.650. The van der Waals surface area contributed by atoms with Gasteiger partial charge in [0, 0.05) is 58.5 Å². The maximum absolute atomic E-state index is 11.7. The van der Waals surface area contributed by atoms with Crippen LogP contribution < -0.4 is 0 Å². The number of rotatable bonds is 4. The third-order valence-corrected chi connectivity index (χ3v) is 4.07. The van der Waals surface area contributed by atoms with E-state index in [9.17, 15) is 4.79 Å². The van der Waals surface area contributed by atoms with Crippen molar-refractivity contribution in [2.45, 2.75) is 25.9 Å². The second-order valence-electron chi connectivity index (χ2n) is 5.55. The summed E-state index contributed by atoms with van der Waals surface area (Å²) >= 11 is 0. The Bertz CT molecular complexity index is 282. The number of nitrogens with zero attached hydrogens (tertiary/aromatic N) is 3. The molecule has 0 bridgehead atoms. The summed E-state index contributed by atoms with van der Waals surface area (Å²) in [6.07, 6.45) is 0. The first-order valence-electron chi connectivity index (χ1n) is 6.86. The van der Waals surface area contributed by atoms with Crippen molar-refractivity contribution >= 4 is 5.91 Å². The maximum atomic E-state index is 11.7. The van der Waals surface area contributed by atoms with Gasteiger partial charge >= 0.3 is 0 Å². The number of hydrogen-bond donors (Lipinski definition) is 0. The van der Waals surface area contributed by atoms with Gasteiger partial charge in [-0.25, -0.2) is 0 Å². The molecular weight excluding hydrogens is 230 g/mol. The zero-order valence-corrected chi connectivity index (χ0v) is 11.8. The van der Waals surface area contributed by atoms with Crippen molar-refractivity contribution in [2.75, 3.05) is 53.0 Å². The number of methoxy groups -OCH3 is 1. The largest absolute Gasteiger partial charge is 0.375 e. The average Bonchev–Trinajstić information content (AvgIpc) is 2.27. The van der Waals surface area contributed by atoms with Crippen LogP contribution in [-0.2, 0) is 9.53 Å². The molecule has 2 rings (SSSR count). The summed E-state index contributed by atoms with van der Waals surface area (Å²) in [6.45, 7) is 10.8. The molecule has 104 valence electrons. The van der Waals surface area contributed by atoms with Crippen LogP contribution in [-0.4, -0.2) is 85.7 Å². The molecule has 0 aliphatic carbocycles. The molecule has 0 radical (unpaired) electrons. The van der Waals surface area contributed by atoms with Gasteiger partial charge in [-0.3, -0.25) is 14.6 Å². The van der Waals surface area contributed by atoms with Gasteiger partial charge in [0.1, 0.15) is 6.61 Å². The fourth-order valence-corrected chi connectivity index (χ4v) is 2.69. The summed E-state index contributed by atoms with van der Waals surface area (Å²) in [6, 6.07) is 1.36. The third kappa shape index (κ3) is 3.02. The lowest BCUT2D eigenvalue weighted by Gasteiger charge is -2.49. The summed E-state index contributed by atoms with van der Waals surface area (Å²) < 4.78 is 4.89. The van der Waals surface area contributed by atoms with E-state index < -0.39 is 0 Å². The molecule has 0 spiro atoms. The highest BCUT2D eigenvalue weighted by molar-refractivity contribution is 5.77. The number of amides is 1. The van der Waals surface area contributed by atoms with Crippen molar-refractivity contribution in [3.63, 3.8) is 0 Å². The molecule has 0 unspecified atom stereocenters. The molecule has 2 saturated heterocycles. The van der Waals surface area contributed by atoms with Gasteiger partial charge in [0.2, 0.25) is 5.91 Å². The van der Waals surface area contributed by atoms with Crippen LogP contribution in [0.2, 0.25) is 0 Å². The van der Waals surface area contributed by atoms with Crippen molar-refractivity contribution in [3.05, 3.63) is 0 Å². The fourth-order valence-electron chi connectivity index (χ4n) is 2.69. The van der Waals surface area contributed by atoms with E-state index >= 15 is 0 Å². The molecule has 2 aliphatic rings. The first kappa shape index (κ1) is 13.8. The number of piperazine rings is 1. The molecule has 0 aromatic rings. The van der Waals surface area contributed by atoms with Gasteiger partial charge in [-0.2, -0.15) is 0 Å². The number of likely N-dealkylation sites (tertiary alicyclic amines) is 1.